The third-order valence-electron chi connectivity index (χ3n) is 6.67. The van der Waals surface area contributed by atoms with E-state index in [0.29, 0.717) is 13.1 Å². The van der Waals surface area contributed by atoms with E-state index in [1.165, 1.54) is 19.3 Å². The molecule has 3 amide bonds. The van der Waals surface area contributed by atoms with E-state index in [-0.39, 0.29) is 23.5 Å². The average Bonchev–Trinajstić information content (AvgIpc) is 2.70. The van der Waals surface area contributed by atoms with Gasteiger partial charge in [0, 0.05) is 19.6 Å². The number of hydrogen-bond donors (Lipinski definition) is 1. The first-order chi connectivity index (χ1) is 10.2. The Labute approximate surface area is 125 Å². The van der Waals surface area contributed by atoms with Crippen molar-refractivity contribution in [3.05, 3.63) is 0 Å². The van der Waals surface area contributed by atoms with Gasteiger partial charge in [-0.25, -0.2) is 4.79 Å². The van der Waals surface area contributed by atoms with Crippen molar-refractivity contribution in [2.75, 3.05) is 19.6 Å². The van der Waals surface area contributed by atoms with Crippen molar-refractivity contribution in [1.82, 2.24) is 15.1 Å². The van der Waals surface area contributed by atoms with Crippen LogP contribution in [-0.2, 0) is 4.79 Å². The Morgan fingerprint density at radius 1 is 1.00 bits per heavy atom. The zero-order chi connectivity index (χ0) is 14.2. The van der Waals surface area contributed by atoms with Gasteiger partial charge >= 0.3 is 6.03 Å². The molecular weight excluding hydrogens is 266 g/mol. The molecule has 2 heterocycles. The van der Waals surface area contributed by atoms with Gasteiger partial charge in [0.2, 0.25) is 0 Å². The van der Waals surface area contributed by atoms with Crippen LogP contribution in [0, 0.1) is 17.8 Å². The summed E-state index contributed by atoms with van der Waals surface area (Å²) in [4.78, 5) is 29.3. The molecule has 1 N–H and O–H groups in total. The quantitative estimate of drug-likeness (QED) is 0.738. The second kappa shape index (κ2) is 4.00. The Kier molecular flexibility index (Phi) is 2.37. The molecule has 0 aromatic rings. The van der Waals surface area contributed by atoms with Gasteiger partial charge in [0.15, 0.2) is 0 Å². The Morgan fingerprint density at radius 2 is 1.62 bits per heavy atom. The van der Waals surface area contributed by atoms with Gasteiger partial charge in [-0.05, 0) is 56.3 Å². The van der Waals surface area contributed by atoms with E-state index in [2.05, 4.69) is 5.32 Å². The summed E-state index contributed by atoms with van der Waals surface area (Å²) in [5.74, 6) is 2.35. The van der Waals surface area contributed by atoms with Crippen molar-refractivity contribution in [2.24, 2.45) is 17.8 Å². The van der Waals surface area contributed by atoms with Crippen LogP contribution >= 0.6 is 0 Å². The largest absolute Gasteiger partial charge is 0.328 e. The maximum Gasteiger partial charge on any atom is 0.328 e. The molecule has 4 bridgehead atoms. The zero-order valence-corrected chi connectivity index (χ0v) is 12.4. The first-order valence-electron chi connectivity index (χ1n) is 8.52. The molecule has 6 fully saturated rings. The fourth-order valence-corrected chi connectivity index (χ4v) is 6.30. The minimum absolute atomic E-state index is 0.00782. The normalized spacial score (nSPS) is 48.2. The smallest absolute Gasteiger partial charge is 0.312 e. The number of hydrogen-bond acceptors (Lipinski definition) is 3. The molecule has 6 rings (SSSR count). The molecule has 4 saturated carbocycles. The zero-order valence-electron chi connectivity index (χ0n) is 12.4. The highest BCUT2D eigenvalue weighted by molar-refractivity contribution is 6.05. The molecule has 4 aliphatic carbocycles. The van der Waals surface area contributed by atoms with Gasteiger partial charge < -0.3 is 10.2 Å². The number of rotatable bonds is 1. The summed E-state index contributed by atoms with van der Waals surface area (Å²) in [5.41, 5.74) is -0.125. The summed E-state index contributed by atoms with van der Waals surface area (Å²) in [5, 5.41) is 3.26. The summed E-state index contributed by atoms with van der Waals surface area (Å²) < 4.78 is 0. The fraction of sp³-hybridized carbons (Fsp3) is 0.875. The Morgan fingerprint density at radius 3 is 2.19 bits per heavy atom. The van der Waals surface area contributed by atoms with Gasteiger partial charge in [-0.1, -0.05) is 0 Å². The molecule has 5 heteroatoms. The van der Waals surface area contributed by atoms with Crippen molar-refractivity contribution < 1.29 is 9.59 Å². The summed E-state index contributed by atoms with van der Waals surface area (Å²) in [6, 6.07) is -0.229. The van der Waals surface area contributed by atoms with Crippen LogP contribution in [0.5, 0.6) is 0 Å². The Balaban J connectivity index is 1.52. The SMILES string of the molecule is O=C1C2CNCCN2C(=O)N1C12CC3CC(CC(C3)C1)C2. The van der Waals surface area contributed by atoms with Gasteiger partial charge in [-0.3, -0.25) is 9.69 Å². The highest BCUT2D eigenvalue weighted by atomic mass is 16.2. The summed E-state index contributed by atoms with van der Waals surface area (Å²) >= 11 is 0. The molecule has 6 aliphatic rings. The van der Waals surface area contributed by atoms with Crippen LogP contribution in [0.1, 0.15) is 38.5 Å². The van der Waals surface area contributed by atoms with Gasteiger partial charge in [0.1, 0.15) is 6.04 Å². The maximum atomic E-state index is 12.9. The van der Waals surface area contributed by atoms with E-state index in [4.69, 9.17) is 0 Å². The van der Waals surface area contributed by atoms with Crippen molar-refractivity contribution in [3.63, 3.8) is 0 Å². The first kappa shape index (κ1) is 12.4. The van der Waals surface area contributed by atoms with E-state index >= 15 is 0 Å². The number of piperazine rings is 1. The fourth-order valence-electron chi connectivity index (χ4n) is 6.30. The van der Waals surface area contributed by atoms with Crippen LogP contribution < -0.4 is 5.32 Å². The number of urea groups is 1. The molecule has 0 aromatic heterocycles. The predicted molar refractivity (Wildman–Crippen MR) is 76.5 cm³/mol. The Hall–Kier alpha value is -1.10. The average molecular weight is 289 g/mol. The van der Waals surface area contributed by atoms with Crippen LogP contribution in [-0.4, -0.2) is 53.0 Å². The highest BCUT2D eigenvalue weighted by Gasteiger charge is 2.60. The van der Waals surface area contributed by atoms with Crippen LogP contribution in [0.25, 0.3) is 0 Å². The molecule has 21 heavy (non-hydrogen) atoms. The van der Waals surface area contributed by atoms with Crippen molar-refractivity contribution in [2.45, 2.75) is 50.1 Å². The number of amides is 3. The molecule has 2 saturated heterocycles. The number of fused-ring (bicyclic) bond motifs is 1. The van der Waals surface area contributed by atoms with E-state index in [1.807, 2.05) is 4.90 Å². The third-order valence-corrected chi connectivity index (χ3v) is 6.67. The standard InChI is InChI=1S/C16H23N3O2/c20-14-13-9-17-1-2-18(13)15(21)19(14)16-6-10-3-11(7-16)5-12(4-10)8-16/h10-13,17H,1-9H2. The minimum atomic E-state index is -0.237. The molecule has 5 nitrogen and oxygen atoms in total. The molecule has 0 aromatic carbocycles. The third kappa shape index (κ3) is 1.56. The number of imide groups is 1. The summed E-state index contributed by atoms with van der Waals surface area (Å²) in [7, 11) is 0. The van der Waals surface area contributed by atoms with Crippen molar-refractivity contribution >= 4 is 11.9 Å². The second-order valence-electron chi connectivity index (χ2n) is 8.01. The van der Waals surface area contributed by atoms with Crippen LogP contribution in [0.2, 0.25) is 0 Å². The molecule has 1 unspecified atom stereocenters. The van der Waals surface area contributed by atoms with E-state index in [0.717, 1.165) is 43.6 Å². The van der Waals surface area contributed by atoms with E-state index in [9.17, 15) is 9.59 Å². The summed E-state index contributed by atoms with van der Waals surface area (Å²) in [6.07, 6.45) is 7.23. The lowest BCUT2D eigenvalue weighted by molar-refractivity contribution is -0.141. The molecule has 0 radical (unpaired) electrons. The highest BCUT2D eigenvalue weighted by Crippen LogP contribution is 2.58. The lowest BCUT2D eigenvalue weighted by atomic mass is 9.52. The molecule has 0 spiro atoms. The van der Waals surface area contributed by atoms with Crippen LogP contribution in [0.3, 0.4) is 0 Å². The van der Waals surface area contributed by atoms with Crippen LogP contribution in [0.4, 0.5) is 4.79 Å². The van der Waals surface area contributed by atoms with Gasteiger partial charge in [-0.15, -0.1) is 0 Å². The maximum absolute atomic E-state index is 12.9. The lowest BCUT2D eigenvalue weighted by Crippen LogP contribution is -2.62. The molecule has 2 aliphatic heterocycles. The first-order valence-corrected chi connectivity index (χ1v) is 8.52. The summed E-state index contributed by atoms with van der Waals surface area (Å²) in [6.45, 7) is 2.12. The van der Waals surface area contributed by atoms with E-state index in [1.54, 1.807) is 4.90 Å². The van der Waals surface area contributed by atoms with Gasteiger partial charge in [-0.2, -0.15) is 0 Å². The number of carbonyl (C=O) groups excluding carboxylic acids is 2. The van der Waals surface area contributed by atoms with Gasteiger partial charge in [0.25, 0.3) is 5.91 Å². The van der Waals surface area contributed by atoms with E-state index < -0.39 is 0 Å². The van der Waals surface area contributed by atoms with Crippen molar-refractivity contribution in [3.8, 4) is 0 Å². The molecule has 1 atom stereocenters. The number of carbonyl (C=O) groups is 2. The van der Waals surface area contributed by atoms with Crippen molar-refractivity contribution in [1.29, 1.82) is 0 Å². The predicted octanol–water partition coefficient (Wildman–Crippen LogP) is 1.19. The topological polar surface area (TPSA) is 52.7 Å². The molecular formula is C16H23N3O2. The van der Waals surface area contributed by atoms with Gasteiger partial charge in [0.05, 0.1) is 5.54 Å². The number of nitrogens with one attached hydrogen (secondary N) is 1. The number of nitrogens with zero attached hydrogens (tertiary/aromatic N) is 2. The Bertz CT molecular complexity index is 458. The monoisotopic (exact) mass is 289 g/mol. The minimum Gasteiger partial charge on any atom is -0.312 e. The molecule has 114 valence electrons. The lowest BCUT2D eigenvalue weighted by Gasteiger charge is -2.58. The second-order valence-corrected chi connectivity index (χ2v) is 8.01. The van der Waals surface area contributed by atoms with Crippen LogP contribution in [0.15, 0.2) is 0 Å².